The Labute approximate surface area is 120 Å². The van der Waals surface area contributed by atoms with E-state index in [-0.39, 0.29) is 5.82 Å². The summed E-state index contributed by atoms with van der Waals surface area (Å²) in [6, 6.07) is 5.09. The van der Waals surface area contributed by atoms with Crippen molar-refractivity contribution in [2.45, 2.75) is 23.6 Å². The molecule has 0 aliphatic carbocycles. The molecular weight excluding hydrogens is 281 g/mol. The first-order valence-electron chi connectivity index (χ1n) is 6.15. The lowest BCUT2D eigenvalue weighted by Crippen LogP contribution is -2.18. The van der Waals surface area contributed by atoms with Crippen LogP contribution in [0.1, 0.15) is 11.5 Å². The summed E-state index contributed by atoms with van der Waals surface area (Å²) >= 11 is 1.12. The molecule has 0 saturated carbocycles. The highest BCUT2D eigenvalue weighted by Crippen LogP contribution is 2.29. The fraction of sp³-hybridized carbons (Fsp3) is 0.385. The van der Waals surface area contributed by atoms with Crippen molar-refractivity contribution in [3.05, 3.63) is 35.5 Å². The Balaban J connectivity index is 1.95. The second-order valence-corrected chi connectivity index (χ2v) is 5.12. The number of hydrogen-bond acceptors (Lipinski definition) is 6. The molecular formula is C13H16FN3O2S. The van der Waals surface area contributed by atoms with Gasteiger partial charge in [-0.05, 0) is 29.5 Å². The zero-order valence-electron chi connectivity index (χ0n) is 11.4. The average Bonchev–Trinajstić information content (AvgIpc) is 2.83. The van der Waals surface area contributed by atoms with Gasteiger partial charge in [-0.1, -0.05) is 6.07 Å². The Morgan fingerprint density at radius 2 is 2.25 bits per heavy atom. The van der Waals surface area contributed by atoms with Crippen LogP contribution in [0, 0.1) is 12.7 Å². The summed E-state index contributed by atoms with van der Waals surface area (Å²) in [6.07, 6.45) is 0. The molecule has 20 heavy (non-hydrogen) atoms. The topological polar surface area (TPSA) is 60.2 Å². The van der Waals surface area contributed by atoms with Gasteiger partial charge in [-0.15, -0.1) is 10.2 Å². The molecule has 0 aliphatic heterocycles. The number of aryl methyl sites for hydroxylation is 1. The van der Waals surface area contributed by atoms with E-state index in [1.54, 1.807) is 20.1 Å². The number of halogens is 1. The van der Waals surface area contributed by atoms with Crippen molar-refractivity contribution >= 4 is 11.8 Å². The van der Waals surface area contributed by atoms with Crippen molar-refractivity contribution in [1.29, 1.82) is 0 Å². The number of aromatic nitrogens is 2. The highest BCUT2D eigenvalue weighted by molar-refractivity contribution is 7.99. The molecule has 1 aromatic carbocycles. The Bertz CT molecular complexity index is 562. The van der Waals surface area contributed by atoms with Crippen LogP contribution in [-0.2, 0) is 11.3 Å². The number of benzene rings is 1. The first-order valence-corrected chi connectivity index (χ1v) is 6.96. The van der Waals surface area contributed by atoms with E-state index in [9.17, 15) is 4.39 Å². The number of rotatable bonds is 7. The van der Waals surface area contributed by atoms with Crippen LogP contribution >= 0.6 is 11.8 Å². The molecule has 5 nitrogen and oxygen atoms in total. The van der Waals surface area contributed by atoms with Crippen LogP contribution in [0.3, 0.4) is 0 Å². The Hall–Kier alpha value is -1.44. The average molecular weight is 297 g/mol. The van der Waals surface area contributed by atoms with E-state index in [4.69, 9.17) is 9.15 Å². The van der Waals surface area contributed by atoms with E-state index in [2.05, 4.69) is 15.5 Å². The maximum absolute atomic E-state index is 14.0. The molecule has 108 valence electrons. The number of nitrogens with zero attached hydrogens (tertiary/aromatic N) is 2. The smallest absolute Gasteiger partial charge is 0.281 e. The monoisotopic (exact) mass is 297 g/mol. The minimum Gasteiger partial charge on any atom is -0.416 e. The summed E-state index contributed by atoms with van der Waals surface area (Å²) in [5.74, 6) is 0.170. The third kappa shape index (κ3) is 4.29. The molecule has 0 atom stereocenters. The molecule has 2 aromatic rings. The van der Waals surface area contributed by atoms with Gasteiger partial charge in [0.05, 0.1) is 11.5 Å². The van der Waals surface area contributed by atoms with Gasteiger partial charge in [-0.3, -0.25) is 0 Å². The third-order valence-corrected chi connectivity index (χ3v) is 3.40. The van der Waals surface area contributed by atoms with Crippen LogP contribution in [0.4, 0.5) is 4.39 Å². The van der Waals surface area contributed by atoms with E-state index >= 15 is 0 Å². The maximum Gasteiger partial charge on any atom is 0.281 e. The van der Waals surface area contributed by atoms with E-state index in [1.807, 2.05) is 6.07 Å². The van der Waals surface area contributed by atoms with Crippen LogP contribution < -0.4 is 5.32 Å². The predicted molar refractivity (Wildman–Crippen MR) is 73.1 cm³/mol. The molecule has 0 saturated heterocycles. The maximum atomic E-state index is 14.0. The van der Waals surface area contributed by atoms with E-state index < -0.39 is 0 Å². The SMILES string of the molecule is COCCNCc1ccc(Sc2nnc(C)o2)c(F)c1. The fourth-order valence-electron chi connectivity index (χ4n) is 1.56. The standard InChI is InChI=1S/C13H16FN3O2S/c1-9-16-17-13(19-9)20-12-4-3-10(7-11(12)14)8-15-5-6-18-2/h3-4,7,15H,5-6,8H2,1-2H3. The second-order valence-electron chi connectivity index (χ2n) is 4.12. The summed E-state index contributed by atoms with van der Waals surface area (Å²) in [4.78, 5) is 0.467. The number of ether oxygens (including phenoxy) is 1. The van der Waals surface area contributed by atoms with Gasteiger partial charge < -0.3 is 14.5 Å². The summed E-state index contributed by atoms with van der Waals surface area (Å²) in [6.45, 7) is 3.66. The molecule has 0 amide bonds. The van der Waals surface area contributed by atoms with Crippen LogP contribution in [0.15, 0.2) is 32.7 Å². The first-order chi connectivity index (χ1) is 9.69. The van der Waals surface area contributed by atoms with E-state index in [0.29, 0.717) is 29.2 Å². The van der Waals surface area contributed by atoms with Crippen molar-refractivity contribution in [2.24, 2.45) is 0 Å². The summed E-state index contributed by atoms with van der Waals surface area (Å²) < 4.78 is 24.1. The van der Waals surface area contributed by atoms with Gasteiger partial charge in [0.2, 0.25) is 5.89 Å². The molecule has 1 heterocycles. The molecule has 1 N–H and O–H groups in total. The molecule has 0 aliphatic rings. The Morgan fingerprint density at radius 1 is 1.40 bits per heavy atom. The van der Waals surface area contributed by atoms with Gasteiger partial charge in [-0.2, -0.15) is 0 Å². The molecule has 0 radical (unpaired) electrons. The zero-order valence-corrected chi connectivity index (χ0v) is 12.2. The molecule has 1 aromatic heterocycles. The summed E-state index contributed by atoms with van der Waals surface area (Å²) in [7, 11) is 1.65. The molecule has 2 rings (SSSR count). The predicted octanol–water partition coefficient (Wildman–Crippen LogP) is 2.40. The normalized spacial score (nSPS) is 10.9. The molecule has 7 heteroatoms. The third-order valence-electron chi connectivity index (χ3n) is 2.51. The van der Waals surface area contributed by atoms with Crippen LogP contribution in [0.5, 0.6) is 0 Å². The Kier molecular flexibility index (Phi) is 5.51. The van der Waals surface area contributed by atoms with Crippen LogP contribution in [0.2, 0.25) is 0 Å². The molecule has 0 fully saturated rings. The molecule has 0 bridgehead atoms. The largest absolute Gasteiger partial charge is 0.416 e. The fourth-order valence-corrected chi connectivity index (χ4v) is 2.28. The minimum absolute atomic E-state index is 0.295. The quantitative estimate of drug-likeness (QED) is 0.792. The van der Waals surface area contributed by atoms with Crippen LogP contribution in [-0.4, -0.2) is 30.5 Å². The number of hydrogen-bond donors (Lipinski definition) is 1. The highest BCUT2D eigenvalue weighted by Gasteiger charge is 2.10. The van der Waals surface area contributed by atoms with Crippen molar-refractivity contribution in [1.82, 2.24) is 15.5 Å². The first kappa shape index (κ1) is 15.0. The van der Waals surface area contributed by atoms with Gasteiger partial charge >= 0.3 is 0 Å². The van der Waals surface area contributed by atoms with Crippen molar-refractivity contribution < 1.29 is 13.5 Å². The zero-order chi connectivity index (χ0) is 14.4. The summed E-state index contributed by atoms with van der Waals surface area (Å²) in [5.41, 5.74) is 0.879. The molecule has 0 unspecified atom stereocenters. The van der Waals surface area contributed by atoms with Crippen molar-refractivity contribution in [3.8, 4) is 0 Å². The van der Waals surface area contributed by atoms with Gasteiger partial charge in [0.25, 0.3) is 5.22 Å². The lowest BCUT2D eigenvalue weighted by molar-refractivity contribution is 0.199. The van der Waals surface area contributed by atoms with E-state index in [0.717, 1.165) is 23.9 Å². The lowest BCUT2D eigenvalue weighted by atomic mass is 10.2. The minimum atomic E-state index is -0.295. The van der Waals surface area contributed by atoms with Crippen molar-refractivity contribution in [2.75, 3.05) is 20.3 Å². The van der Waals surface area contributed by atoms with Gasteiger partial charge in [0.15, 0.2) is 0 Å². The van der Waals surface area contributed by atoms with Gasteiger partial charge in [0.1, 0.15) is 5.82 Å². The highest BCUT2D eigenvalue weighted by atomic mass is 32.2. The molecule has 0 spiro atoms. The van der Waals surface area contributed by atoms with Crippen molar-refractivity contribution in [3.63, 3.8) is 0 Å². The number of methoxy groups -OCH3 is 1. The summed E-state index contributed by atoms with van der Waals surface area (Å²) in [5, 5.41) is 11.0. The van der Waals surface area contributed by atoms with E-state index in [1.165, 1.54) is 6.07 Å². The Morgan fingerprint density at radius 3 is 2.90 bits per heavy atom. The number of nitrogens with one attached hydrogen (secondary N) is 1. The second kappa shape index (κ2) is 7.37. The van der Waals surface area contributed by atoms with Crippen LogP contribution in [0.25, 0.3) is 0 Å². The van der Waals surface area contributed by atoms with Gasteiger partial charge in [-0.25, -0.2) is 4.39 Å². The van der Waals surface area contributed by atoms with Gasteiger partial charge in [0, 0.05) is 27.1 Å². The lowest BCUT2D eigenvalue weighted by Gasteiger charge is -2.06.